The van der Waals surface area contributed by atoms with Crippen molar-refractivity contribution in [2.45, 2.75) is 84.1 Å². The summed E-state index contributed by atoms with van der Waals surface area (Å²) >= 11 is 1.31. The second-order valence-corrected chi connectivity index (χ2v) is 13.9. The first-order valence-corrected chi connectivity index (χ1v) is 17.2. The topological polar surface area (TPSA) is 228 Å². The molecule has 0 saturated carbocycles. The van der Waals surface area contributed by atoms with Crippen LogP contribution in [0.5, 0.6) is 0 Å². The van der Waals surface area contributed by atoms with Gasteiger partial charge in [-0.2, -0.15) is 11.8 Å². The molecule has 4 rings (SSSR count). The van der Waals surface area contributed by atoms with Crippen molar-refractivity contribution in [2.75, 3.05) is 5.75 Å². The number of aromatic nitrogens is 2. The van der Waals surface area contributed by atoms with Gasteiger partial charge in [-0.1, -0.05) is 12.7 Å². The molecule has 2 aliphatic heterocycles. The summed E-state index contributed by atoms with van der Waals surface area (Å²) in [7, 11) is 0. The molecule has 0 spiro atoms. The number of aliphatic imine (C=N–C) groups is 1. The van der Waals surface area contributed by atoms with E-state index in [-0.39, 0.29) is 48.6 Å². The van der Waals surface area contributed by atoms with Crippen LogP contribution >= 0.6 is 11.8 Å². The van der Waals surface area contributed by atoms with Crippen LogP contribution in [0.1, 0.15) is 67.3 Å². The van der Waals surface area contributed by atoms with Crippen LogP contribution in [0.25, 0.3) is 12.2 Å². The molecule has 13 nitrogen and oxygen atoms in total. The number of thioether (sulfide) groups is 1. The normalized spacial score (nSPS) is 18.2. The fraction of sp³-hybridized carbons (Fsp3) is 0.389. The summed E-state index contributed by atoms with van der Waals surface area (Å²) in [6.07, 6.45) is 5.75. The van der Waals surface area contributed by atoms with Gasteiger partial charge in [0.1, 0.15) is 6.04 Å². The van der Waals surface area contributed by atoms with Crippen molar-refractivity contribution in [3.63, 3.8) is 0 Å². The maximum Gasteiger partial charge on any atom is 0.321 e. The first-order valence-electron chi connectivity index (χ1n) is 16.2. The molecule has 3 atom stereocenters. The number of carbonyl (C=O) groups is 5. The average molecular weight is 706 g/mol. The predicted molar refractivity (Wildman–Crippen MR) is 191 cm³/mol. The van der Waals surface area contributed by atoms with Crippen molar-refractivity contribution in [1.82, 2.24) is 15.3 Å². The van der Waals surface area contributed by atoms with Gasteiger partial charge in [0.25, 0.3) is 11.8 Å². The Labute approximate surface area is 293 Å². The van der Waals surface area contributed by atoms with E-state index in [2.05, 4.69) is 26.9 Å². The van der Waals surface area contributed by atoms with E-state index in [4.69, 9.17) is 5.73 Å². The number of carboxylic acids is 3. The largest absolute Gasteiger partial charge is 0.481 e. The minimum absolute atomic E-state index is 0.108. The van der Waals surface area contributed by atoms with Gasteiger partial charge < -0.3 is 36.3 Å². The first-order chi connectivity index (χ1) is 23.5. The Kier molecular flexibility index (Phi) is 11.9. The highest BCUT2D eigenvalue weighted by Crippen LogP contribution is 2.29. The van der Waals surface area contributed by atoms with E-state index >= 15 is 0 Å². The third kappa shape index (κ3) is 8.25. The summed E-state index contributed by atoms with van der Waals surface area (Å²) in [6.45, 7) is 12.9. The number of carboxylic acid groups (broad SMARTS) is 3. The van der Waals surface area contributed by atoms with Crippen molar-refractivity contribution in [3.05, 3.63) is 79.3 Å². The third-order valence-electron chi connectivity index (χ3n) is 9.30. The van der Waals surface area contributed by atoms with E-state index in [1.54, 1.807) is 13.0 Å². The van der Waals surface area contributed by atoms with Crippen LogP contribution in [0.3, 0.4) is 0 Å². The highest BCUT2D eigenvalue weighted by atomic mass is 32.2. The maximum absolute atomic E-state index is 12.7. The number of hydrogen-bond donors (Lipinski definition) is 7. The Bertz CT molecular complexity index is 2000. The lowest BCUT2D eigenvalue weighted by molar-refractivity contribution is -0.138. The smallest absolute Gasteiger partial charge is 0.321 e. The SMILES string of the molecule is C=CC1=C(C)[C@@H](Cc2[nH]c(/C=c3\[nH]/c(=C/C4=NC(=O)C(C)=C4[C@@H](C)SC[C@H](N)C(=O)O)c(C)c3CCC(=O)O)c(CCC(=O)O)c2C)NC1=O. The average Bonchev–Trinajstić information content (AvgIpc) is 3.69. The zero-order chi connectivity index (χ0) is 37.0. The molecule has 2 amide bonds. The molecule has 0 radical (unpaired) electrons. The number of nitrogens with two attached hydrogens (primary N) is 1. The number of hydrogen-bond acceptors (Lipinski definition) is 7. The van der Waals surface area contributed by atoms with Crippen molar-refractivity contribution in [1.29, 1.82) is 0 Å². The van der Waals surface area contributed by atoms with Gasteiger partial charge >= 0.3 is 17.9 Å². The fourth-order valence-electron chi connectivity index (χ4n) is 6.34. The Morgan fingerprint density at radius 1 is 0.960 bits per heavy atom. The summed E-state index contributed by atoms with van der Waals surface area (Å²) in [4.78, 5) is 70.8. The van der Waals surface area contributed by atoms with Gasteiger partial charge in [-0.25, -0.2) is 4.99 Å². The molecule has 8 N–H and O–H groups in total. The van der Waals surface area contributed by atoms with E-state index in [1.165, 1.54) is 17.8 Å². The lowest BCUT2D eigenvalue weighted by Crippen LogP contribution is -2.33. The molecular formula is C36H43N5O8S. The number of carbonyl (C=O) groups excluding carboxylic acids is 2. The van der Waals surface area contributed by atoms with Crippen LogP contribution in [0.2, 0.25) is 0 Å². The quantitative estimate of drug-likeness (QED) is 0.134. The molecule has 14 heteroatoms. The van der Waals surface area contributed by atoms with E-state index in [0.717, 1.165) is 33.5 Å². The molecule has 0 fully saturated rings. The van der Waals surface area contributed by atoms with E-state index < -0.39 is 29.9 Å². The van der Waals surface area contributed by atoms with Crippen LogP contribution in [-0.4, -0.2) is 83.8 Å². The third-order valence-corrected chi connectivity index (χ3v) is 10.6. The molecule has 266 valence electrons. The molecule has 0 unspecified atom stereocenters. The molecule has 4 heterocycles. The minimum Gasteiger partial charge on any atom is -0.481 e. The maximum atomic E-state index is 12.7. The molecule has 0 aromatic carbocycles. The lowest BCUT2D eigenvalue weighted by atomic mass is 9.98. The Hall–Kier alpha value is -4.95. The molecule has 0 bridgehead atoms. The first kappa shape index (κ1) is 37.9. The molecule has 0 aliphatic carbocycles. The zero-order valence-corrected chi connectivity index (χ0v) is 29.5. The summed E-state index contributed by atoms with van der Waals surface area (Å²) < 4.78 is 0. The van der Waals surface area contributed by atoms with E-state index in [0.29, 0.717) is 45.2 Å². The number of amides is 2. The summed E-state index contributed by atoms with van der Waals surface area (Å²) in [5.74, 6) is -3.50. The van der Waals surface area contributed by atoms with Gasteiger partial charge in [0.15, 0.2) is 0 Å². The van der Waals surface area contributed by atoms with Crippen LogP contribution in [0, 0.1) is 13.8 Å². The number of aromatic amines is 2. The van der Waals surface area contributed by atoms with Gasteiger partial charge in [-0.3, -0.25) is 24.0 Å². The van der Waals surface area contributed by atoms with Gasteiger partial charge in [0.05, 0.1) is 11.8 Å². The summed E-state index contributed by atoms with van der Waals surface area (Å²) in [6, 6.07) is -1.33. The van der Waals surface area contributed by atoms with Crippen LogP contribution < -0.4 is 21.7 Å². The molecular weight excluding hydrogens is 662 g/mol. The lowest BCUT2D eigenvalue weighted by Gasteiger charge is -2.15. The summed E-state index contributed by atoms with van der Waals surface area (Å²) in [5.41, 5.74) is 13.3. The standard InChI is InChI=1S/C36H43N5O8S/c1-7-21-16(2)27(40-35(21)47)12-25-17(3)22(8-10-31(42)43)28(38-25)14-29-23(9-11-32(44)45)18(4)26(39-29)13-30-33(19(5)34(46)41-30)20(6)50-15-24(37)36(48)49/h7,13-14,20,24,27,38-39H,1,8-12,15,37H2,2-6H3,(H,40,47)(H,42,43)(H,44,45)(H,48,49)/b26-13+,29-14-/t20-,24+,27-/m1/s1. The fourth-order valence-corrected chi connectivity index (χ4v) is 7.44. The Morgan fingerprint density at radius 3 is 2.18 bits per heavy atom. The second kappa shape index (κ2) is 15.7. The molecule has 50 heavy (non-hydrogen) atoms. The molecule has 2 aromatic rings. The van der Waals surface area contributed by atoms with E-state index in [1.807, 2.05) is 33.8 Å². The Morgan fingerprint density at radius 2 is 1.60 bits per heavy atom. The Balaban J connectivity index is 1.83. The van der Waals surface area contributed by atoms with Crippen molar-refractivity contribution < 1.29 is 39.3 Å². The minimum atomic E-state index is -1.12. The number of nitrogens with one attached hydrogen (secondary N) is 3. The van der Waals surface area contributed by atoms with Crippen LogP contribution in [0.15, 0.2) is 39.9 Å². The van der Waals surface area contributed by atoms with Gasteiger partial charge in [-0.05, 0) is 93.0 Å². The van der Waals surface area contributed by atoms with Gasteiger partial charge in [0, 0.05) is 63.5 Å². The molecule has 2 aromatic heterocycles. The highest BCUT2D eigenvalue weighted by molar-refractivity contribution is 8.00. The number of rotatable bonds is 16. The van der Waals surface area contributed by atoms with Crippen LogP contribution in [0.4, 0.5) is 0 Å². The summed E-state index contributed by atoms with van der Waals surface area (Å²) in [5, 5.41) is 32.2. The van der Waals surface area contributed by atoms with Crippen LogP contribution in [-0.2, 0) is 43.2 Å². The van der Waals surface area contributed by atoms with Gasteiger partial charge in [0.2, 0.25) is 0 Å². The zero-order valence-electron chi connectivity index (χ0n) is 28.7. The van der Waals surface area contributed by atoms with Crippen molar-refractivity contribution in [3.8, 4) is 0 Å². The van der Waals surface area contributed by atoms with Crippen molar-refractivity contribution in [2.24, 2.45) is 10.7 Å². The number of nitrogens with zero attached hydrogens (tertiary/aromatic N) is 1. The van der Waals surface area contributed by atoms with Gasteiger partial charge in [-0.15, -0.1) is 0 Å². The van der Waals surface area contributed by atoms with Crippen molar-refractivity contribution >= 4 is 59.3 Å². The van der Waals surface area contributed by atoms with E-state index in [9.17, 15) is 39.3 Å². The molecule has 0 saturated heterocycles. The number of H-pyrrole nitrogens is 2. The monoisotopic (exact) mass is 705 g/mol. The number of aliphatic carboxylic acids is 3. The molecule has 2 aliphatic rings. The second-order valence-electron chi connectivity index (χ2n) is 12.5. The highest BCUT2D eigenvalue weighted by Gasteiger charge is 2.30. The predicted octanol–water partition coefficient (Wildman–Crippen LogP) is 1.98.